The van der Waals surface area contributed by atoms with E-state index in [0.717, 1.165) is 0 Å². The largest absolute Gasteiger partial charge is 0.480 e. The minimum Gasteiger partial charge on any atom is -0.480 e. The van der Waals surface area contributed by atoms with E-state index in [1.165, 1.54) is 6.92 Å². The van der Waals surface area contributed by atoms with Crippen LogP contribution in [0.4, 0.5) is 0 Å². The van der Waals surface area contributed by atoms with Crippen LogP contribution in [0.5, 0.6) is 0 Å². The Balaban J connectivity index is 2.97. The molecule has 0 unspecified atom stereocenters. The van der Waals surface area contributed by atoms with Crippen molar-refractivity contribution < 1.29 is 4.74 Å². The van der Waals surface area contributed by atoms with Crippen LogP contribution < -0.4 is 0 Å². The van der Waals surface area contributed by atoms with Gasteiger partial charge in [-0.05, 0) is 0 Å². The van der Waals surface area contributed by atoms with Gasteiger partial charge in [-0.15, -0.1) is 0 Å². The Labute approximate surface area is 48.4 Å². The molecule has 1 N–H and O–H groups in total. The van der Waals surface area contributed by atoms with Gasteiger partial charge in [-0.3, -0.25) is 5.41 Å². The SMILES string of the molecule is CC(=N)OCCC#N. The summed E-state index contributed by atoms with van der Waals surface area (Å²) in [7, 11) is 0. The van der Waals surface area contributed by atoms with Gasteiger partial charge in [0, 0.05) is 6.92 Å². The van der Waals surface area contributed by atoms with E-state index in [1.54, 1.807) is 0 Å². The van der Waals surface area contributed by atoms with E-state index in [9.17, 15) is 0 Å². The van der Waals surface area contributed by atoms with Crippen molar-refractivity contribution in [3.05, 3.63) is 0 Å². The minimum absolute atomic E-state index is 0.167. The Hall–Kier alpha value is -1.04. The highest BCUT2D eigenvalue weighted by Crippen LogP contribution is 1.79. The van der Waals surface area contributed by atoms with E-state index in [0.29, 0.717) is 13.0 Å². The lowest BCUT2D eigenvalue weighted by molar-refractivity contribution is 0.308. The maximum Gasteiger partial charge on any atom is 0.177 e. The monoisotopic (exact) mass is 112 g/mol. The van der Waals surface area contributed by atoms with Gasteiger partial charge in [-0.1, -0.05) is 0 Å². The van der Waals surface area contributed by atoms with Crippen molar-refractivity contribution in [2.75, 3.05) is 6.61 Å². The van der Waals surface area contributed by atoms with Crippen LogP contribution in [0.25, 0.3) is 0 Å². The Morgan fingerprint density at radius 2 is 2.50 bits per heavy atom. The first-order chi connectivity index (χ1) is 3.77. The molecule has 0 aromatic heterocycles. The van der Waals surface area contributed by atoms with Gasteiger partial charge in [-0.25, -0.2) is 0 Å². The van der Waals surface area contributed by atoms with Gasteiger partial charge in [0.05, 0.1) is 12.5 Å². The van der Waals surface area contributed by atoms with E-state index in [1.807, 2.05) is 6.07 Å². The maximum atomic E-state index is 7.98. The van der Waals surface area contributed by atoms with Gasteiger partial charge >= 0.3 is 0 Å². The lowest BCUT2D eigenvalue weighted by Gasteiger charge is -1.96. The molecule has 0 heterocycles. The molecule has 0 aliphatic heterocycles. The molecule has 3 nitrogen and oxygen atoms in total. The van der Waals surface area contributed by atoms with Crippen LogP contribution in [0.1, 0.15) is 13.3 Å². The summed E-state index contributed by atoms with van der Waals surface area (Å²) >= 11 is 0. The molecule has 0 spiro atoms. The average molecular weight is 112 g/mol. The Bertz CT molecular complexity index is 114. The van der Waals surface area contributed by atoms with Crippen molar-refractivity contribution in [1.29, 1.82) is 10.7 Å². The summed E-state index contributed by atoms with van der Waals surface area (Å²) in [4.78, 5) is 0. The van der Waals surface area contributed by atoms with E-state index < -0.39 is 0 Å². The van der Waals surface area contributed by atoms with E-state index in [2.05, 4.69) is 4.74 Å². The zero-order chi connectivity index (χ0) is 6.41. The lowest BCUT2D eigenvalue weighted by atomic mass is 10.5. The van der Waals surface area contributed by atoms with Gasteiger partial charge in [0.1, 0.15) is 6.61 Å². The number of nitrogens with one attached hydrogen (secondary N) is 1. The zero-order valence-corrected chi connectivity index (χ0v) is 4.77. The molecule has 0 bridgehead atoms. The molecule has 0 radical (unpaired) electrons. The van der Waals surface area contributed by atoms with E-state index >= 15 is 0 Å². The number of hydrogen-bond donors (Lipinski definition) is 1. The molecule has 44 valence electrons. The molecule has 0 saturated heterocycles. The highest BCUT2D eigenvalue weighted by Gasteiger charge is 1.84. The molecule has 0 saturated carbocycles. The number of ether oxygens (including phenoxy) is 1. The van der Waals surface area contributed by atoms with Crippen molar-refractivity contribution in [2.45, 2.75) is 13.3 Å². The lowest BCUT2D eigenvalue weighted by Crippen LogP contribution is -1.97. The molecular weight excluding hydrogens is 104 g/mol. The van der Waals surface area contributed by atoms with Crippen LogP contribution in [0.15, 0.2) is 0 Å². The molecule has 0 fully saturated rings. The summed E-state index contributed by atoms with van der Waals surface area (Å²) < 4.78 is 4.64. The minimum atomic E-state index is 0.167. The second kappa shape index (κ2) is 4.13. The molecule has 0 aliphatic rings. The highest BCUT2D eigenvalue weighted by atomic mass is 16.5. The van der Waals surface area contributed by atoms with Crippen LogP contribution in [-0.2, 0) is 4.74 Å². The summed E-state index contributed by atoms with van der Waals surface area (Å²) in [6, 6.07) is 1.90. The Morgan fingerprint density at radius 1 is 1.88 bits per heavy atom. The van der Waals surface area contributed by atoms with Crippen molar-refractivity contribution >= 4 is 5.90 Å². The molecular formula is C5H8N2O. The van der Waals surface area contributed by atoms with E-state index in [4.69, 9.17) is 10.7 Å². The summed E-state index contributed by atoms with van der Waals surface area (Å²) in [5.41, 5.74) is 0. The molecule has 0 aliphatic carbocycles. The zero-order valence-electron chi connectivity index (χ0n) is 4.77. The second-order valence-electron chi connectivity index (χ2n) is 1.31. The van der Waals surface area contributed by atoms with Gasteiger partial charge in [0.25, 0.3) is 0 Å². The third-order valence-electron chi connectivity index (χ3n) is 0.532. The third-order valence-corrected chi connectivity index (χ3v) is 0.532. The average Bonchev–Trinajstić information content (AvgIpc) is 1.66. The van der Waals surface area contributed by atoms with Crippen LogP contribution in [-0.4, -0.2) is 12.5 Å². The van der Waals surface area contributed by atoms with Crippen LogP contribution in [0.3, 0.4) is 0 Å². The van der Waals surface area contributed by atoms with Crippen LogP contribution >= 0.6 is 0 Å². The van der Waals surface area contributed by atoms with Crippen LogP contribution in [0, 0.1) is 16.7 Å². The summed E-state index contributed by atoms with van der Waals surface area (Å²) in [5, 5.41) is 14.7. The first kappa shape index (κ1) is 6.96. The van der Waals surface area contributed by atoms with E-state index in [-0.39, 0.29) is 5.90 Å². The Morgan fingerprint density at radius 3 is 2.88 bits per heavy atom. The fourth-order valence-electron chi connectivity index (χ4n) is 0.250. The Kier molecular flexibility index (Phi) is 3.59. The first-order valence-corrected chi connectivity index (χ1v) is 2.32. The van der Waals surface area contributed by atoms with Gasteiger partial charge in [-0.2, -0.15) is 5.26 Å². The molecule has 8 heavy (non-hydrogen) atoms. The molecule has 3 heteroatoms. The van der Waals surface area contributed by atoms with Crippen molar-refractivity contribution in [3.8, 4) is 6.07 Å². The normalized spacial score (nSPS) is 7.50. The van der Waals surface area contributed by atoms with Crippen molar-refractivity contribution in [1.82, 2.24) is 0 Å². The van der Waals surface area contributed by atoms with Crippen molar-refractivity contribution in [3.63, 3.8) is 0 Å². The fraction of sp³-hybridized carbons (Fsp3) is 0.600. The molecule has 0 amide bonds. The molecule has 0 atom stereocenters. The first-order valence-electron chi connectivity index (χ1n) is 2.32. The number of nitrogens with zero attached hydrogens (tertiary/aromatic N) is 1. The predicted octanol–water partition coefficient (Wildman–Crippen LogP) is 0.914. The van der Waals surface area contributed by atoms with Gasteiger partial charge in [0.2, 0.25) is 0 Å². The summed E-state index contributed by atoms with van der Waals surface area (Å²) in [6.07, 6.45) is 0.357. The second-order valence-corrected chi connectivity index (χ2v) is 1.31. The smallest absolute Gasteiger partial charge is 0.177 e. The third kappa shape index (κ3) is 4.96. The summed E-state index contributed by atoms with van der Waals surface area (Å²) in [5.74, 6) is 0.167. The number of nitriles is 1. The maximum absolute atomic E-state index is 7.98. The molecule has 0 aromatic carbocycles. The highest BCUT2D eigenvalue weighted by molar-refractivity contribution is 5.69. The van der Waals surface area contributed by atoms with Crippen LogP contribution in [0.2, 0.25) is 0 Å². The van der Waals surface area contributed by atoms with Crippen molar-refractivity contribution in [2.24, 2.45) is 0 Å². The number of hydrogen-bond acceptors (Lipinski definition) is 3. The fourth-order valence-corrected chi connectivity index (χ4v) is 0.250. The number of rotatable bonds is 2. The van der Waals surface area contributed by atoms with Gasteiger partial charge in [0.15, 0.2) is 5.90 Å². The predicted molar refractivity (Wildman–Crippen MR) is 29.6 cm³/mol. The summed E-state index contributed by atoms with van der Waals surface area (Å²) in [6.45, 7) is 1.88. The van der Waals surface area contributed by atoms with Gasteiger partial charge < -0.3 is 4.74 Å². The quantitative estimate of drug-likeness (QED) is 0.328. The molecule has 0 aromatic rings. The standard InChI is InChI=1S/C5H8N2O/c1-5(7)8-4-2-3-6/h7H,2,4H2,1H3. The topological polar surface area (TPSA) is 56.9 Å². The molecule has 0 rings (SSSR count).